The topological polar surface area (TPSA) is 105 Å². The van der Waals surface area contributed by atoms with Crippen molar-refractivity contribution in [2.24, 2.45) is 6.98 Å². The Balaban J connectivity index is 2.03. The lowest BCUT2D eigenvalue weighted by atomic mass is 10.1. The van der Waals surface area contributed by atoms with Crippen molar-refractivity contribution in [2.45, 2.75) is 19.4 Å². The average molecular weight is 367 g/mol. The van der Waals surface area contributed by atoms with Crippen LogP contribution in [0.15, 0.2) is 23.3 Å². The summed E-state index contributed by atoms with van der Waals surface area (Å²) < 4.78 is 29.5. The Morgan fingerprint density at radius 3 is 2.86 bits per heavy atom. The summed E-state index contributed by atoms with van der Waals surface area (Å²) >= 11 is 3.36. The van der Waals surface area contributed by atoms with Crippen LogP contribution in [0.1, 0.15) is 23.8 Å². The number of ether oxygens (including phenoxy) is 1. The van der Waals surface area contributed by atoms with Crippen molar-refractivity contribution in [3.05, 3.63) is 29.1 Å². The molecule has 0 fully saturated rings. The van der Waals surface area contributed by atoms with Gasteiger partial charge >= 0.3 is 0 Å². The SMILES string of the molecule is [2H]C([2H])([2H])n1cnc(C(C)(C)Oc2ncc(Br)c3ncnc(N)c23)n1. The molecule has 0 aliphatic heterocycles. The number of aryl methyl sites for hydroxylation is 1. The van der Waals surface area contributed by atoms with Gasteiger partial charge in [-0.3, -0.25) is 4.68 Å². The number of rotatable bonds is 3. The Morgan fingerprint density at radius 2 is 2.14 bits per heavy atom. The molecule has 0 aliphatic rings. The monoisotopic (exact) mass is 366 g/mol. The number of pyridine rings is 1. The van der Waals surface area contributed by atoms with Gasteiger partial charge in [0.1, 0.15) is 23.9 Å². The lowest BCUT2D eigenvalue weighted by molar-refractivity contribution is 0.0944. The zero-order valence-electron chi connectivity index (χ0n) is 14.8. The lowest BCUT2D eigenvalue weighted by Gasteiger charge is -2.23. The maximum absolute atomic E-state index is 7.37. The predicted octanol–water partition coefficient (Wildman–Crippen LogP) is 1.81. The molecule has 3 aromatic heterocycles. The number of hydrogen-bond acceptors (Lipinski definition) is 7. The highest BCUT2D eigenvalue weighted by Crippen LogP contribution is 2.34. The van der Waals surface area contributed by atoms with Gasteiger partial charge in [-0.25, -0.2) is 19.9 Å². The van der Waals surface area contributed by atoms with Crippen LogP contribution in [0.4, 0.5) is 5.82 Å². The molecule has 2 N–H and O–H groups in total. The summed E-state index contributed by atoms with van der Waals surface area (Å²) in [5.74, 6) is 0.606. The summed E-state index contributed by atoms with van der Waals surface area (Å²) in [6.07, 6.45) is 4.02. The van der Waals surface area contributed by atoms with E-state index in [1.54, 1.807) is 13.8 Å². The van der Waals surface area contributed by atoms with E-state index >= 15 is 0 Å². The molecule has 0 aromatic carbocycles. The van der Waals surface area contributed by atoms with Crippen LogP contribution in [-0.2, 0) is 12.6 Å². The number of nitrogen functional groups attached to an aromatic ring is 1. The number of halogens is 1. The summed E-state index contributed by atoms with van der Waals surface area (Å²) in [6, 6.07) is 0. The number of hydrogen-bond donors (Lipinski definition) is 1. The number of fused-ring (bicyclic) bond motifs is 1. The van der Waals surface area contributed by atoms with Gasteiger partial charge in [0.25, 0.3) is 0 Å². The van der Waals surface area contributed by atoms with Crippen LogP contribution in [0, 0.1) is 0 Å². The number of aromatic nitrogens is 6. The Hall–Kier alpha value is -2.29. The largest absolute Gasteiger partial charge is 0.463 e. The molecule has 0 atom stereocenters. The first-order chi connectivity index (χ1) is 11.6. The smallest absolute Gasteiger partial charge is 0.227 e. The van der Waals surface area contributed by atoms with Gasteiger partial charge in [-0.15, -0.1) is 0 Å². The maximum atomic E-state index is 7.37. The number of nitrogens with two attached hydrogens (primary N) is 1. The molecule has 0 spiro atoms. The molecule has 3 aromatic rings. The van der Waals surface area contributed by atoms with Crippen LogP contribution >= 0.6 is 15.9 Å². The van der Waals surface area contributed by atoms with Crippen LogP contribution in [-0.4, -0.2) is 29.7 Å². The normalized spacial score (nSPS) is 14.4. The van der Waals surface area contributed by atoms with Crippen molar-refractivity contribution >= 4 is 32.7 Å². The molecule has 9 heteroatoms. The van der Waals surface area contributed by atoms with Gasteiger partial charge in [0, 0.05) is 17.3 Å². The van der Waals surface area contributed by atoms with E-state index in [9.17, 15) is 0 Å². The van der Waals surface area contributed by atoms with E-state index in [0.29, 0.717) is 15.4 Å². The summed E-state index contributed by atoms with van der Waals surface area (Å²) in [4.78, 5) is 16.4. The van der Waals surface area contributed by atoms with Crippen molar-refractivity contribution in [3.63, 3.8) is 0 Å². The van der Waals surface area contributed by atoms with Gasteiger partial charge in [-0.05, 0) is 29.8 Å². The Kier molecular flexibility index (Phi) is 2.65. The van der Waals surface area contributed by atoms with Gasteiger partial charge in [0.2, 0.25) is 5.88 Å². The van der Waals surface area contributed by atoms with E-state index in [1.807, 2.05) is 0 Å². The van der Waals surface area contributed by atoms with Gasteiger partial charge in [-0.2, -0.15) is 5.10 Å². The van der Waals surface area contributed by atoms with Crippen LogP contribution in [0.2, 0.25) is 0 Å². The minimum atomic E-state index is -2.41. The third kappa shape index (κ3) is 2.47. The summed E-state index contributed by atoms with van der Waals surface area (Å²) in [5.41, 5.74) is 5.43. The first-order valence-corrected chi connectivity index (χ1v) is 7.05. The molecule has 0 bridgehead atoms. The third-order valence-corrected chi connectivity index (χ3v) is 3.57. The lowest BCUT2D eigenvalue weighted by Crippen LogP contribution is -2.28. The maximum Gasteiger partial charge on any atom is 0.227 e. The highest BCUT2D eigenvalue weighted by molar-refractivity contribution is 9.10. The van der Waals surface area contributed by atoms with Crippen molar-refractivity contribution in [1.82, 2.24) is 29.7 Å². The molecule has 3 rings (SSSR count). The minimum absolute atomic E-state index is 0.192. The third-order valence-electron chi connectivity index (χ3n) is 2.99. The fourth-order valence-electron chi connectivity index (χ4n) is 1.94. The van der Waals surface area contributed by atoms with E-state index in [-0.39, 0.29) is 17.5 Å². The minimum Gasteiger partial charge on any atom is -0.463 e. The predicted molar refractivity (Wildman–Crippen MR) is 84.1 cm³/mol. The van der Waals surface area contributed by atoms with Gasteiger partial charge in [-0.1, -0.05) is 0 Å². The quantitative estimate of drug-likeness (QED) is 0.753. The van der Waals surface area contributed by atoms with Crippen molar-refractivity contribution in [1.29, 1.82) is 0 Å². The molecular formula is C13H14BrN7O. The van der Waals surface area contributed by atoms with E-state index in [4.69, 9.17) is 14.6 Å². The zero-order chi connectivity index (χ0) is 18.4. The Labute approximate surface area is 139 Å². The molecule has 8 nitrogen and oxygen atoms in total. The summed E-state index contributed by atoms with van der Waals surface area (Å²) in [7, 11) is 0. The van der Waals surface area contributed by atoms with Gasteiger partial charge < -0.3 is 10.5 Å². The molecule has 0 radical (unpaired) electrons. The zero-order valence-corrected chi connectivity index (χ0v) is 13.4. The van der Waals surface area contributed by atoms with Crippen LogP contribution < -0.4 is 10.5 Å². The molecule has 114 valence electrons. The van der Waals surface area contributed by atoms with E-state index in [2.05, 4.69) is 41.0 Å². The fraction of sp³-hybridized carbons (Fsp3) is 0.308. The highest BCUT2D eigenvalue weighted by Gasteiger charge is 2.29. The second kappa shape index (κ2) is 5.16. The molecular weight excluding hydrogens is 350 g/mol. The van der Waals surface area contributed by atoms with E-state index < -0.39 is 12.6 Å². The first-order valence-electron chi connectivity index (χ1n) is 7.76. The number of anilines is 1. The van der Waals surface area contributed by atoms with Crippen LogP contribution in [0.5, 0.6) is 5.88 Å². The van der Waals surface area contributed by atoms with Gasteiger partial charge in [0.05, 0.1) is 9.99 Å². The standard InChI is InChI=1S/C13H14BrN7O/c1-13(2,12-19-6-21(3)20-12)22-11-8-9(7(14)4-16-11)17-5-18-10(8)15/h4-6H,1-3H3,(H2,15,17,18)/i3D3. The van der Waals surface area contributed by atoms with Crippen LogP contribution in [0.25, 0.3) is 10.9 Å². The molecule has 0 aliphatic carbocycles. The Bertz CT molecular complexity index is 941. The molecule has 22 heavy (non-hydrogen) atoms. The van der Waals surface area contributed by atoms with Crippen molar-refractivity contribution in [2.75, 3.05) is 5.73 Å². The second-order valence-corrected chi connectivity index (χ2v) is 5.87. The molecule has 0 amide bonds. The molecule has 0 saturated carbocycles. The summed E-state index contributed by atoms with van der Waals surface area (Å²) in [6.45, 7) is 0.978. The Morgan fingerprint density at radius 1 is 1.32 bits per heavy atom. The van der Waals surface area contributed by atoms with Crippen LogP contribution in [0.3, 0.4) is 0 Å². The first kappa shape index (κ1) is 11.3. The van der Waals surface area contributed by atoms with E-state index in [0.717, 1.165) is 11.0 Å². The van der Waals surface area contributed by atoms with Crippen molar-refractivity contribution < 1.29 is 8.85 Å². The average Bonchev–Trinajstić information content (AvgIpc) is 3.01. The fourth-order valence-corrected chi connectivity index (χ4v) is 2.34. The molecule has 0 unspecified atom stereocenters. The summed E-state index contributed by atoms with van der Waals surface area (Å²) in [5, 5.41) is 4.43. The molecule has 0 saturated heterocycles. The van der Waals surface area contributed by atoms with Crippen molar-refractivity contribution in [3.8, 4) is 5.88 Å². The highest BCUT2D eigenvalue weighted by atomic mass is 79.9. The second-order valence-electron chi connectivity index (χ2n) is 5.02. The number of nitrogens with zero attached hydrogens (tertiary/aromatic N) is 6. The van der Waals surface area contributed by atoms with E-state index in [1.165, 1.54) is 12.5 Å². The van der Waals surface area contributed by atoms with Gasteiger partial charge in [0.15, 0.2) is 11.4 Å². The molecule has 3 heterocycles.